The van der Waals surface area contributed by atoms with Crippen LogP contribution in [-0.4, -0.2) is 16.5 Å². The molecule has 1 heterocycles. The van der Waals surface area contributed by atoms with Crippen LogP contribution in [0.4, 0.5) is 5.82 Å². The number of H-pyrrole nitrogens is 1. The first kappa shape index (κ1) is 10.6. The predicted molar refractivity (Wildman–Crippen MR) is 56.4 cm³/mol. The van der Waals surface area contributed by atoms with E-state index in [1.165, 1.54) is 6.33 Å². The van der Waals surface area contributed by atoms with Gasteiger partial charge >= 0.3 is 0 Å². The highest BCUT2D eigenvalue weighted by atomic mass is 35.5. The first-order chi connectivity index (χ1) is 6.75. The molecule has 1 rings (SSSR count). The van der Waals surface area contributed by atoms with Gasteiger partial charge in [-0.3, -0.25) is 4.79 Å². The molecular formula is C9H10ClN3O. The zero-order valence-electron chi connectivity index (χ0n) is 7.51. The number of hydrogen-bond donors (Lipinski definition) is 2. The molecule has 0 saturated carbocycles. The quantitative estimate of drug-likeness (QED) is 0.582. The highest BCUT2D eigenvalue weighted by molar-refractivity contribution is 6.32. The van der Waals surface area contributed by atoms with Crippen LogP contribution in [0.25, 0.3) is 0 Å². The second-order valence-corrected chi connectivity index (χ2v) is 3.01. The monoisotopic (exact) mass is 211 g/mol. The fourth-order valence-electron chi connectivity index (χ4n) is 0.904. The summed E-state index contributed by atoms with van der Waals surface area (Å²) in [7, 11) is 0. The molecule has 74 valence electrons. The van der Waals surface area contributed by atoms with E-state index in [0.717, 1.165) is 6.42 Å². The van der Waals surface area contributed by atoms with Crippen LogP contribution in [0.2, 0.25) is 5.02 Å². The topological polar surface area (TPSA) is 57.8 Å². The van der Waals surface area contributed by atoms with Crippen LogP contribution in [0.1, 0.15) is 12.8 Å². The van der Waals surface area contributed by atoms with Gasteiger partial charge in [-0.15, -0.1) is 12.3 Å². The Hall–Kier alpha value is -1.47. The van der Waals surface area contributed by atoms with Gasteiger partial charge in [0.25, 0.3) is 5.56 Å². The fourth-order valence-corrected chi connectivity index (χ4v) is 1.07. The van der Waals surface area contributed by atoms with E-state index in [1.807, 2.05) is 0 Å². The predicted octanol–water partition coefficient (Wildman–Crippen LogP) is 1.25. The molecule has 0 fully saturated rings. The SMILES string of the molecule is C#CCCCNc1nc[nH]c(=O)c1Cl. The number of nitrogens with one attached hydrogen (secondary N) is 2. The molecule has 0 aliphatic rings. The van der Waals surface area contributed by atoms with Gasteiger partial charge in [-0.25, -0.2) is 4.98 Å². The summed E-state index contributed by atoms with van der Waals surface area (Å²) in [4.78, 5) is 17.3. The van der Waals surface area contributed by atoms with Crippen molar-refractivity contribution in [1.29, 1.82) is 0 Å². The van der Waals surface area contributed by atoms with Crippen molar-refractivity contribution in [2.45, 2.75) is 12.8 Å². The maximum atomic E-state index is 11.0. The number of unbranched alkanes of at least 4 members (excludes halogenated alkanes) is 1. The van der Waals surface area contributed by atoms with Crippen LogP contribution in [0, 0.1) is 12.3 Å². The minimum atomic E-state index is -0.346. The van der Waals surface area contributed by atoms with Crippen molar-refractivity contribution in [3.05, 3.63) is 21.7 Å². The standard InChI is InChI=1S/C9H10ClN3O/c1-2-3-4-5-11-8-7(10)9(14)13-6-12-8/h1,6H,3-5H2,(H2,11,12,13,14). The second-order valence-electron chi connectivity index (χ2n) is 2.63. The van der Waals surface area contributed by atoms with Crippen molar-refractivity contribution >= 4 is 17.4 Å². The molecule has 1 aromatic rings. The molecule has 4 nitrogen and oxygen atoms in total. The molecular weight excluding hydrogens is 202 g/mol. The maximum Gasteiger partial charge on any atom is 0.271 e. The van der Waals surface area contributed by atoms with Gasteiger partial charge in [0, 0.05) is 13.0 Å². The molecule has 0 radical (unpaired) electrons. The zero-order chi connectivity index (χ0) is 10.4. The molecule has 0 amide bonds. The molecule has 1 aromatic heterocycles. The second kappa shape index (κ2) is 5.30. The molecule has 0 aliphatic carbocycles. The first-order valence-electron chi connectivity index (χ1n) is 4.16. The lowest BCUT2D eigenvalue weighted by molar-refractivity contribution is 0.898. The Balaban J connectivity index is 2.56. The Labute approximate surface area is 86.7 Å². The van der Waals surface area contributed by atoms with E-state index in [2.05, 4.69) is 21.2 Å². The summed E-state index contributed by atoms with van der Waals surface area (Å²) >= 11 is 5.70. The lowest BCUT2D eigenvalue weighted by Gasteiger charge is -2.04. The Bertz CT molecular complexity index is 394. The summed E-state index contributed by atoms with van der Waals surface area (Å²) in [6.45, 7) is 0.653. The summed E-state index contributed by atoms with van der Waals surface area (Å²) in [6.07, 6.45) is 7.90. The summed E-state index contributed by atoms with van der Waals surface area (Å²) < 4.78 is 0. The normalized spacial score (nSPS) is 9.43. The van der Waals surface area contributed by atoms with Gasteiger partial charge in [-0.1, -0.05) is 11.6 Å². The number of rotatable bonds is 4. The summed E-state index contributed by atoms with van der Waals surface area (Å²) in [5.74, 6) is 2.91. The van der Waals surface area contributed by atoms with E-state index in [9.17, 15) is 4.79 Å². The Morgan fingerprint density at radius 3 is 3.21 bits per heavy atom. The van der Waals surface area contributed by atoms with Gasteiger partial charge in [0.15, 0.2) is 5.82 Å². The summed E-state index contributed by atoms with van der Waals surface area (Å²) in [6, 6.07) is 0. The number of aromatic amines is 1. The molecule has 0 unspecified atom stereocenters. The first-order valence-corrected chi connectivity index (χ1v) is 4.54. The van der Waals surface area contributed by atoms with Crippen LogP contribution < -0.4 is 10.9 Å². The van der Waals surface area contributed by atoms with Crippen molar-refractivity contribution in [2.75, 3.05) is 11.9 Å². The van der Waals surface area contributed by atoms with Crippen LogP contribution in [0.15, 0.2) is 11.1 Å². The van der Waals surface area contributed by atoms with E-state index in [0.29, 0.717) is 18.8 Å². The number of halogens is 1. The van der Waals surface area contributed by atoms with Crippen LogP contribution in [0.5, 0.6) is 0 Å². The summed E-state index contributed by atoms with van der Waals surface area (Å²) in [5, 5.41) is 3.01. The lowest BCUT2D eigenvalue weighted by atomic mass is 10.3. The minimum absolute atomic E-state index is 0.0770. The molecule has 0 spiro atoms. The molecule has 0 aliphatic heterocycles. The van der Waals surface area contributed by atoms with Crippen molar-refractivity contribution in [2.24, 2.45) is 0 Å². The van der Waals surface area contributed by atoms with Crippen molar-refractivity contribution in [3.63, 3.8) is 0 Å². The smallest absolute Gasteiger partial charge is 0.271 e. The van der Waals surface area contributed by atoms with Gasteiger partial charge in [0.2, 0.25) is 0 Å². The van der Waals surface area contributed by atoms with Crippen LogP contribution in [0.3, 0.4) is 0 Å². The molecule has 0 aromatic carbocycles. The minimum Gasteiger partial charge on any atom is -0.369 e. The van der Waals surface area contributed by atoms with Gasteiger partial charge in [0.05, 0.1) is 6.33 Å². The van der Waals surface area contributed by atoms with E-state index in [1.54, 1.807) is 0 Å². The zero-order valence-corrected chi connectivity index (χ0v) is 8.27. The maximum absolute atomic E-state index is 11.0. The highest BCUT2D eigenvalue weighted by Gasteiger charge is 2.03. The molecule has 0 saturated heterocycles. The number of anilines is 1. The lowest BCUT2D eigenvalue weighted by Crippen LogP contribution is -2.12. The Kier molecular flexibility index (Phi) is 4.02. The van der Waals surface area contributed by atoms with Gasteiger partial charge in [-0.05, 0) is 6.42 Å². The van der Waals surface area contributed by atoms with E-state index < -0.39 is 0 Å². The van der Waals surface area contributed by atoms with E-state index in [-0.39, 0.29) is 10.6 Å². The third-order valence-electron chi connectivity index (χ3n) is 1.59. The van der Waals surface area contributed by atoms with E-state index >= 15 is 0 Å². The molecule has 2 N–H and O–H groups in total. The third-order valence-corrected chi connectivity index (χ3v) is 1.94. The van der Waals surface area contributed by atoms with Gasteiger partial charge in [-0.2, -0.15) is 0 Å². The summed E-state index contributed by atoms with van der Waals surface area (Å²) in [5.41, 5.74) is -0.346. The Morgan fingerprint density at radius 2 is 2.50 bits per heavy atom. The average Bonchev–Trinajstić information content (AvgIpc) is 2.19. The highest BCUT2D eigenvalue weighted by Crippen LogP contribution is 2.11. The number of hydrogen-bond acceptors (Lipinski definition) is 3. The van der Waals surface area contributed by atoms with Crippen molar-refractivity contribution in [1.82, 2.24) is 9.97 Å². The average molecular weight is 212 g/mol. The number of terminal acetylenes is 1. The van der Waals surface area contributed by atoms with E-state index in [4.69, 9.17) is 18.0 Å². The number of nitrogens with zero attached hydrogens (tertiary/aromatic N) is 1. The third kappa shape index (κ3) is 2.79. The molecule has 14 heavy (non-hydrogen) atoms. The van der Waals surface area contributed by atoms with Gasteiger partial charge < -0.3 is 10.3 Å². The molecule has 0 atom stereocenters. The largest absolute Gasteiger partial charge is 0.369 e. The Morgan fingerprint density at radius 1 is 1.71 bits per heavy atom. The molecule has 0 bridgehead atoms. The fraction of sp³-hybridized carbons (Fsp3) is 0.333. The van der Waals surface area contributed by atoms with Crippen molar-refractivity contribution in [3.8, 4) is 12.3 Å². The van der Waals surface area contributed by atoms with Crippen molar-refractivity contribution < 1.29 is 0 Å². The van der Waals surface area contributed by atoms with Crippen LogP contribution in [-0.2, 0) is 0 Å². The van der Waals surface area contributed by atoms with Gasteiger partial charge in [0.1, 0.15) is 5.02 Å². The number of aromatic nitrogens is 2. The van der Waals surface area contributed by atoms with Crippen LogP contribution >= 0.6 is 11.6 Å². The molecule has 5 heteroatoms.